The van der Waals surface area contributed by atoms with Crippen molar-refractivity contribution < 1.29 is 0 Å². The van der Waals surface area contributed by atoms with Gasteiger partial charge in [-0.25, -0.2) is 0 Å². The Bertz CT molecular complexity index is 515. The minimum absolute atomic E-state index is 0.727. The molecule has 1 fully saturated rings. The summed E-state index contributed by atoms with van der Waals surface area (Å²) in [5, 5.41) is 1.42. The number of aromatic nitrogens is 1. The van der Waals surface area contributed by atoms with Crippen LogP contribution in [-0.4, -0.2) is 4.57 Å². The van der Waals surface area contributed by atoms with Gasteiger partial charge in [0.25, 0.3) is 0 Å². The Morgan fingerprint density at radius 3 is 2.59 bits per heavy atom. The molecule has 0 atom stereocenters. The number of nitrogens with zero attached hydrogens (tertiary/aromatic N) is 1. The molecule has 90 valence electrons. The minimum Gasteiger partial charge on any atom is -0.344 e. The van der Waals surface area contributed by atoms with Crippen LogP contribution in [0.25, 0.3) is 10.9 Å². The van der Waals surface area contributed by atoms with Gasteiger partial charge in [0.15, 0.2) is 0 Å². The number of fused-ring (bicyclic) bond motifs is 1. The molecule has 1 aromatic heterocycles. The topological polar surface area (TPSA) is 4.93 Å². The molecule has 0 radical (unpaired) electrons. The number of hydrogen-bond donors (Lipinski definition) is 0. The first-order valence-corrected chi connectivity index (χ1v) is 6.82. The smallest absolute Gasteiger partial charge is 0.0485 e. The number of rotatable bonds is 1. The van der Waals surface area contributed by atoms with Gasteiger partial charge in [0.05, 0.1) is 0 Å². The Hall–Kier alpha value is -1.24. The Morgan fingerprint density at radius 2 is 1.82 bits per heavy atom. The fourth-order valence-electron chi connectivity index (χ4n) is 3.18. The van der Waals surface area contributed by atoms with Crippen LogP contribution in [-0.2, 0) is 0 Å². The van der Waals surface area contributed by atoms with E-state index in [1.54, 1.807) is 0 Å². The predicted molar refractivity (Wildman–Crippen MR) is 73.3 cm³/mol. The standard InChI is InChI=1S/C16H21N/c1-12-6-8-14(9-7-12)17-11-10-15-13(2)4-3-5-16(15)17/h3-5,10-12,14H,6-9H2,1-2H3. The average molecular weight is 227 g/mol. The van der Waals surface area contributed by atoms with E-state index in [9.17, 15) is 0 Å². The lowest BCUT2D eigenvalue weighted by atomic mass is 9.87. The van der Waals surface area contributed by atoms with E-state index in [0.29, 0.717) is 0 Å². The molecule has 1 heterocycles. The first kappa shape index (κ1) is 10.9. The van der Waals surface area contributed by atoms with Crippen LogP contribution in [0.1, 0.15) is 44.2 Å². The van der Waals surface area contributed by atoms with E-state index in [2.05, 4.69) is 48.9 Å². The van der Waals surface area contributed by atoms with Gasteiger partial charge in [-0.3, -0.25) is 0 Å². The second kappa shape index (κ2) is 4.21. The summed E-state index contributed by atoms with van der Waals surface area (Å²) in [6.45, 7) is 4.59. The normalized spacial score (nSPS) is 25.3. The summed E-state index contributed by atoms with van der Waals surface area (Å²) in [7, 11) is 0. The zero-order chi connectivity index (χ0) is 11.8. The van der Waals surface area contributed by atoms with E-state index in [4.69, 9.17) is 0 Å². The van der Waals surface area contributed by atoms with Gasteiger partial charge in [-0.1, -0.05) is 19.1 Å². The fraction of sp³-hybridized carbons (Fsp3) is 0.500. The van der Waals surface area contributed by atoms with Crippen LogP contribution in [0.3, 0.4) is 0 Å². The molecule has 0 bridgehead atoms. The molecule has 1 heteroatoms. The number of benzene rings is 1. The Balaban J connectivity index is 1.98. The largest absolute Gasteiger partial charge is 0.344 e. The van der Waals surface area contributed by atoms with E-state index < -0.39 is 0 Å². The molecule has 1 aromatic carbocycles. The van der Waals surface area contributed by atoms with E-state index in [-0.39, 0.29) is 0 Å². The quantitative estimate of drug-likeness (QED) is 0.665. The highest BCUT2D eigenvalue weighted by Crippen LogP contribution is 2.34. The van der Waals surface area contributed by atoms with Gasteiger partial charge in [0, 0.05) is 23.1 Å². The lowest BCUT2D eigenvalue weighted by molar-refractivity contribution is 0.294. The first-order chi connectivity index (χ1) is 8.25. The van der Waals surface area contributed by atoms with Gasteiger partial charge in [-0.05, 0) is 56.2 Å². The summed E-state index contributed by atoms with van der Waals surface area (Å²) >= 11 is 0. The third-order valence-electron chi connectivity index (χ3n) is 4.36. The molecule has 0 N–H and O–H groups in total. The van der Waals surface area contributed by atoms with Crippen molar-refractivity contribution >= 4 is 10.9 Å². The van der Waals surface area contributed by atoms with Crippen LogP contribution in [0.15, 0.2) is 30.5 Å². The molecule has 1 aliphatic carbocycles. The molecule has 1 nitrogen and oxygen atoms in total. The van der Waals surface area contributed by atoms with Crippen molar-refractivity contribution in [2.45, 2.75) is 45.6 Å². The van der Waals surface area contributed by atoms with Gasteiger partial charge in [-0.2, -0.15) is 0 Å². The molecular weight excluding hydrogens is 206 g/mol. The van der Waals surface area contributed by atoms with Gasteiger partial charge in [-0.15, -0.1) is 0 Å². The van der Waals surface area contributed by atoms with Crippen molar-refractivity contribution in [3.8, 4) is 0 Å². The highest BCUT2D eigenvalue weighted by molar-refractivity contribution is 5.83. The van der Waals surface area contributed by atoms with Gasteiger partial charge in [0.1, 0.15) is 0 Å². The zero-order valence-corrected chi connectivity index (χ0v) is 10.8. The lowest BCUT2D eigenvalue weighted by Crippen LogP contribution is -2.15. The molecule has 0 saturated heterocycles. The molecule has 0 amide bonds. The van der Waals surface area contributed by atoms with Crippen molar-refractivity contribution in [1.29, 1.82) is 0 Å². The van der Waals surface area contributed by atoms with E-state index in [1.165, 1.54) is 42.1 Å². The summed E-state index contributed by atoms with van der Waals surface area (Å²) in [5.41, 5.74) is 2.81. The summed E-state index contributed by atoms with van der Waals surface area (Å²) in [6.07, 6.45) is 7.75. The fourth-order valence-corrected chi connectivity index (χ4v) is 3.18. The molecule has 0 spiro atoms. The van der Waals surface area contributed by atoms with Crippen LogP contribution in [0, 0.1) is 12.8 Å². The monoisotopic (exact) mass is 227 g/mol. The Labute approximate surface area is 103 Å². The highest BCUT2D eigenvalue weighted by atomic mass is 15.0. The maximum Gasteiger partial charge on any atom is 0.0485 e. The molecule has 1 saturated carbocycles. The van der Waals surface area contributed by atoms with Gasteiger partial charge in [0.2, 0.25) is 0 Å². The van der Waals surface area contributed by atoms with Crippen LogP contribution in [0.2, 0.25) is 0 Å². The van der Waals surface area contributed by atoms with Gasteiger partial charge >= 0.3 is 0 Å². The molecule has 0 aliphatic heterocycles. The Kier molecular flexibility index (Phi) is 2.70. The van der Waals surface area contributed by atoms with E-state index >= 15 is 0 Å². The van der Waals surface area contributed by atoms with E-state index in [1.807, 2.05) is 0 Å². The molecule has 2 aromatic rings. The maximum absolute atomic E-state index is 2.51. The minimum atomic E-state index is 0.727. The summed E-state index contributed by atoms with van der Waals surface area (Å²) in [6, 6.07) is 9.66. The van der Waals surface area contributed by atoms with Crippen LogP contribution < -0.4 is 0 Å². The lowest BCUT2D eigenvalue weighted by Gasteiger charge is -2.28. The maximum atomic E-state index is 2.51. The summed E-state index contributed by atoms with van der Waals surface area (Å²) in [5.74, 6) is 0.926. The summed E-state index contributed by atoms with van der Waals surface area (Å²) < 4.78 is 2.51. The van der Waals surface area contributed by atoms with Crippen LogP contribution in [0.4, 0.5) is 0 Å². The second-order valence-electron chi connectivity index (χ2n) is 5.64. The molecular formula is C16H21N. The first-order valence-electron chi connectivity index (χ1n) is 6.82. The molecule has 3 rings (SSSR count). The highest BCUT2D eigenvalue weighted by Gasteiger charge is 2.20. The number of hydrogen-bond acceptors (Lipinski definition) is 0. The third-order valence-corrected chi connectivity index (χ3v) is 4.36. The van der Waals surface area contributed by atoms with Crippen molar-refractivity contribution in [3.05, 3.63) is 36.0 Å². The third kappa shape index (κ3) is 1.88. The Morgan fingerprint density at radius 1 is 1.06 bits per heavy atom. The van der Waals surface area contributed by atoms with Gasteiger partial charge < -0.3 is 4.57 Å². The molecule has 1 aliphatic rings. The van der Waals surface area contributed by atoms with Crippen molar-refractivity contribution in [2.75, 3.05) is 0 Å². The SMILES string of the molecule is Cc1cccc2c1ccn2C1CCC(C)CC1. The second-order valence-corrected chi connectivity index (χ2v) is 5.64. The predicted octanol–water partition coefficient (Wildman–Crippen LogP) is 4.70. The van der Waals surface area contributed by atoms with Crippen LogP contribution in [0.5, 0.6) is 0 Å². The molecule has 17 heavy (non-hydrogen) atoms. The average Bonchev–Trinajstić information content (AvgIpc) is 2.75. The van der Waals surface area contributed by atoms with Crippen molar-refractivity contribution in [1.82, 2.24) is 4.57 Å². The summed E-state index contributed by atoms with van der Waals surface area (Å²) in [4.78, 5) is 0. The van der Waals surface area contributed by atoms with E-state index in [0.717, 1.165) is 12.0 Å². The molecule has 0 unspecified atom stereocenters. The number of aryl methyl sites for hydroxylation is 1. The van der Waals surface area contributed by atoms with Crippen LogP contribution >= 0.6 is 0 Å². The van der Waals surface area contributed by atoms with Crippen molar-refractivity contribution in [2.24, 2.45) is 5.92 Å². The zero-order valence-electron chi connectivity index (χ0n) is 10.8. The van der Waals surface area contributed by atoms with Crippen molar-refractivity contribution in [3.63, 3.8) is 0 Å².